The third-order valence-electron chi connectivity index (χ3n) is 2.94. The van der Waals surface area contributed by atoms with Crippen LogP contribution in [0.1, 0.15) is 5.56 Å². The number of methoxy groups -OCH3 is 3. The van der Waals surface area contributed by atoms with Crippen LogP contribution in [0.5, 0.6) is 17.4 Å². The van der Waals surface area contributed by atoms with E-state index in [4.69, 9.17) is 25.8 Å². The lowest BCUT2D eigenvalue weighted by molar-refractivity contribution is 0.355. The fourth-order valence-electron chi connectivity index (χ4n) is 1.96. The van der Waals surface area contributed by atoms with Crippen LogP contribution in [0.4, 0.5) is 5.69 Å². The van der Waals surface area contributed by atoms with E-state index < -0.39 is 0 Å². The third-order valence-corrected chi connectivity index (χ3v) is 3.22. The molecular weight excluding hydrogens is 292 g/mol. The highest BCUT2D eigenvalue weighted by Crippen LogP contribution is 2.36. The monoisotopic (exact) mass is 308 g/mol. The molecule has 0 bridgehead atoms. The van der Waals surface area contributed by atoms with Gasteiger partial charge in [0.1, 0.15) is 0 Å². The van der Waals surface area contributed by atoms with Crippen LogP contribution in [-0.2, 0) is 6.54 Å². The molecule has 1 aromatic carbocycles. The normalized spacial score (nSPS) is 10.1. The Bertz CT molecular complexity index is 620. The average Bonchev–Trinajstić information content (AvgIpc) is 2.52. The van der Waals surface area contributed by atoms with Crippen molar-refractivity contribution in [1.82, 2.24) is 4.98 Å². The van der Waals surface area contributed by atoms with Crippen molar-refractivity contribution in [3.63, 3.8) is 0 Å². The van der Waals surface area contributed by atoms with E-state index in [1.807, 2.05) is 24.3 Å². The van der Waals surface area contributed by atoms with Gasteiger partial charge in [0.2, 0.25) is 5.88 Å². The van der Waals surface area contributed by atoms with E-state index >= 15 is 0 Å². The number of rotatable bonds is 6. The van der Waals surface area contributed by atoms with Gasteiger partial charge in [0, 0.05) is 12.7 Å². The molecule has 2 aromatic rings. The highest BCUT2D eigenvalue weighted by molar-refractivity contribution is 6.32. The molecule has 21 heavy (non-hydrogen) atoms. The van der Waals surface area contributed by atoms with Gasteiger partial charge in [0.15, 0.2) is 11.5 Å². The summed E-state index contributed by atoms with van der Waals surface area (Å²) in [6.07, 6.45) is 1.68. The second kappa shape index (κ2) is 7.04. The van der Waals surface area contributed by atoms with Crippen molar-refractivity contribution in [3.8, 4) is 17.4 Å². The second-order valence-corrected chi connectivity index (χ2v) is 4.63. The minimum Gasteiger partial charge on any atom is -0.493 e. The number of hydrogen-bond donors (Lipinski definition) is 1. The van der Waals surface area contributed by atoms with Crippen LogP contribution in [0.2, 0.25) is 5.02 Å². The summed E-state index contributed by atoms with van der Waals surface area (Å²) in [6, 6.07) is 7.44. The summed E-state index contributed by atoms with van der Waals surface area (Å²) in [5.41, 5.74) is 1.77. The summed E-state index contributed by atoms with van der Waals surface area (Å²) in [4.78, 5) is 4.13. The van der Waals surface area contributed by atoms with E-state index in [-0.39, 0.29) is 0 Å². The van der Waals surface area contributed by atoms with Gasteiger partial charge in [0.05, 0.1) is 32.0 Å². The largest absolute Gasteiger partial charge is 0.493 e. The zero-order valence-electron chi connectivity index (χ0n) is 12.1. The number of anilines is 1. The van der Waals surface area contributed by atoms with Crippen molar-refractivity contribution in [3.05, 3.63) is 41.0 Å². The predicted molar refractivity (Wildman–Crippen MR) is 82.7 cm³/mol. The van der Waals surface area contributed by atoms with E-state index in [1.54, 1.807) is 27.5 Å². The summed E-state index contributed by atoms with van der Waals surface area (Å²) in [6.45, 7) is 0.558. The quantitative estimate of drug-likeness (QED) is 0.886. The molecule has 5 nitrogen and oxygen atoms in total. The summed E-state index contributed by atoms with van der Waals surface area (Å²) in [5.74, 6) is 1.67. The maximum Gasteiger partial charge on any atom is 0.237 e. The minimum atomic E-state index is 0.506. The highest BCUT2D eigenvalue weighted by Gasteiger charge is 2.11. The Kier molecular flexibility index (Phi) is 5.11. The highest BCUT2D eigenvalue weighted by atomic mass is 35.5. The van der Waals surface area contributed by atoms with Gasteiger partial charge < -0.3 is 19.5 Å². The molecule has 0 spiro atoms. The molecule has 0 unspecified atom stereocenters. The third kappa shape index (κ3) is 3.49. The molecule has 1 aromatic heterocycles. The van der Waals surface area contributed by atoms with Gasteiger partial charge in [-0.1, -0.05) is 11.6 Å². The van der Waals surface area contributed by atoms with Gasteiger partial charge in [-0.2, -0.15) is 0 Å². The van der Waals surface area contributed by atoms with Gasteiger partial charge in [0.25, 0.3) is 0 Å². The summed E-state index contributed by atoms with van der Waals surface area (Å²) >= 11 is 6.18. The molecule has 0 amide bonds. The first-order valence-corrected chi connectivity index (χ1v) is 6.70. The molecule has 0 aliphatic carbocycles. The lowest BCUT2D eigenvalue weighted by atomic mass is 10.2. The number of nitrogens with one attached hydrogen (secondary N) is 1. The Morgan fingerprint density at radius 3 is 2.62 bits per heavy atom. The standard InChI is InChI=1S/C15H17ClN2O3/c1-19-13-8-10(7-11(16)14(13)20-2)9-18-12-5-4-6-17-15(12)21-3/h4-8,18H,9H2,1-3H3. The van der Waals surface area contributed by atoms with E-state index in [2.05, 4.69) is 10.3 Å². The average molecular weight is 309 g/mol. The maximum absolute atomic E-state index is 6.18. The summed E-state index contributed by atoms with van der Waals surface area (Å²) in [7, 11) is 4.72. The van der Waals surface area contributed by atoms with Crippen molar-refractivity contribution in [2.75, 3.05) is 26.6 Å². The number of halogens is 1. The molecule has 1 N–H and O–H groups in total. The Hall–Kier alpha value is -2.14. The molecular formula is C15H17ClN2O3. The minimum absolute atomic E-state index is 0.506. The number of benzene rings is 1. The molecule has 0 saturated carbocycles. The van der Waals surface area contributed by atoms with Crippen LogP contribution < -0.4 is 19.5 Å². The molecule has 1 heterocycles. The number of ether oxygens (including phenoxy) is 3. The van der Waals surface area contributed by atoms with E-state index in [9.17, 15) is 0 Å². The lowest BCUT2D eigenvalue weighted by Gasteiger charge is -2.13. The van der Waals surface area contributed by atoms with Gasteiger partial charge in [-0.05, 0) is 29.8 Å². The van der Waals surface area contributed by atoms with Gasteiger partial charge in [-0.3, -0.25) is 0 Å². The fraction of sp³-hybridized carbons (Fsp3) is 0.267. The van der Waals surface area contributed by atoms with Crippen molar-refractivity contribution in [1.29, 1.82) is 0 Å². The van der Waals surface area contributed by atoms with Crippen molar-refractivity contribution >= 4 is 17.3 Å². The van der Waals surface area contributed by atoms with Crippen molar-refractivity contribution < 1.29 is 14.2 Å². The predicted octanol–water partition coefficient (Wildman–Crippen LogP) is 3.37. The zero-order valence-corrected chi connectivity index (χ0v) is 12.9. The van der Waals surface area contributed by atoms with Crippen LogP contribution in [0.25, 0.3) is 0 Å². The summed E-state index contributed by atoms with van der Waals surface area (Å²) in [5, 5.41) is 3.76. The van der Waals surface area contributed by atoms with Gasteiger partial charge in [-0.15, -0.1) is 0 Å². The lowest BCUT2D eigenvalue weighted by Crippen LogP contribution is -2.03. The Morgan fingerprint density at radius 1 is 1.14 bits per heavy atom. The van der Waals surface area contributed by atoms with Crippen molar-refractivity contribution in [2.24, 2.45) is 0 Å². The van der Waals surface area contributed by atoms with Crippen LogP contribution in [0.3, 0.4) is 0 Å². The molecule has 0 aliphatic heterocycles. The SMILES string of the molecule is COc1cc(CNc2cccnc2OC)cc(Cl)c1OC. The van der Waals surface area contributed by atoms with Gasteiger partial charge >= 0.3 is 0 Å². The van der Waals surface area contributed by atoms with Crippen molar-refractivity contribution in [2.45, 2.75) is 6.54 Å². The van der Waals surface area contributed by atoms with E-state index in [0.29, 0.717) is 28.9 Å². The van der Waals surface area contributed by atoms with Crippen LogP contribution >= 0.6 is 11.6 Å². The first-order chi connectivity index (χ1) is 10.2. The van der Waals surface area contributed by atoms with Crippen LogP contribution in [0, 0.1) is 0 Å². The molecule has 2 rings (SSSR count). The zero-order chi connectivity index (χ0) is 15.2. The topological polar surface area (TPSA) is 52.6 Å². The van der Waals surface area contributed by atoms with Crippen LogP contribution in [0.15, 0.2) is 30.5 Å². The number of aromatic nitrogens is 1. The Labute approximate surface area is 128 Å². The maximum atomic E-state index is 6.18. The number of nitrogens with zero attached hydrogens (tertiary/aromatic N) is 1. The Morgan fingerprint density at radius 2 is 1.95 bits per heavy atom. The molecule has 0 aliphatic rings. The number of hydrogen-bond acceptors (Lipinski definition) is 5. The van der Waals surface area contributed by atoms with E-state index in [0.717, 1.165) is 11.3 Å². The molecule has 0 saturated heterocycles. The smallest absolute Gasteiger partial charge is 0.237 e. The first kappa shape index (κ1) is 15.3. The molecule has 112 valence electrons. The second-order valence-electron chi connectivity index (χ2n) is 4.23. The van der Waals surface area contributed by atoms with Crippen LogP contribution in [-0.4, -0.2) is 26.3 Å². The molecule has 0 atom stereocenters. The molecule has 0 fully saturated rings. The molecule has 6 heteroatoms. The van der Waals surface area contributed by atoms with E-state index in [1.165, 1.54) is 0 Å². The van der Waals surface area contributed by atoms with Gasteiger partial charge in [-0.25, -0.2) is 4.98 Å². The number of pyridine rings is 1. The first-order valence-electron chi connectivity index (χ1n) is 6.33. The Balaban J connectivity index is 2.18. The fourth-order valence-corrected chi connectivity index (χ4v) is 2.27. The molecule has 0 radical (unpaired) electrons. The summed E-state index contributed by atoms with van der Waals surface area (Å²) < 4.78 is 15.7.